The average molecular weight is 422 g/mol. The van der Waals surface area contributed by atoms with E-state index in [1.165, 1.54) is 37.3 Å². The van der Waals surface area contributed by atoms with E-state index in [1.54, 1.807) is 6.92 Å². The number of rotatable bonds is 7. The molecule has 0 aliphatic heterocycles. The van der Waals surface area contributed by atoms with Gasteiger partial charge in [-0.2, -0.15) is 0 Å². The third kappa shape index (κ3) is 5.04. The number of hydrogen-bond donors (Lipinski definition) is 1. The van der Waals surface area contributed by atoms with Crippen LogP contribution < -0.4 is 9.62 Å². The van der Waals surface area contributed by atoms with Crippen LogP contribution in [0.15, 0.2) is 42.5 Å². The van der Waals surface area contributed by atoms with Gasteiger partial charge in [0.1, 0.15) is 6.04 Å². The zero-order valence-corrected chi connectivity index (χ0v) is 16.5. The summed E-state index contributed by atoms with van der Waals surface area (Å²) in [5.41, 5.74) is -0.0600. The van der Waals surface area contributed by atoms with Gasteiger partial charge in [-0.25, -0.2) is 8.42 Å². The van der Waals surface area contributed by atoms with Crippen molar-refractivity contribution in [1.29, 1.82) is 0 Å². The lowest BCUT2D eigenvalue weighted by Gasteiger charge is -2.29. The van der Waals surface area contributed by atoms with E-state index in [4.69, 9.17) is 0 Å². The van der Waals surface area contributed by atoms with Crippen LogP contribution in [-0.4, -0.2) is 36.5 Å². The fourth-order valence-electron chi connectivity index (χ4n) is 2.67. The Morgan fingerprint density at radius 3 is 2.21 bits per heavy atom. The number of sulfonamides is 1. The SMILES string of the molecule is Cc1ccc([N+](=O)[O-])cc1N([C@H](C)C(=O)Nc1cccc([N+](=O)[O-])c1)S(C)(=O)=O. The topological polar surface area (TPSA) is 153 Å². The van der Waals surface area contributed by atoms with Crippen LogP contribution in [0.25, 0.3) is 0 Å². The van der Waals surface area contributed by atoms with Crippen LogP contribution in [0.3, 0.4) is 0 Å². The predicted molar refractivity (Wildman–Crippen MR) is 106 cm³/mol. The highest BCUT2D eigenvalue weighted by Gasteiger charge is 2.31. The second-order valence-electron chi connectivity index (χ2n) is 6.26. The van der Waals surface area contributed by atoms with Crippen molar-refractivity contribution in [3.63, 3.8) is 0 Å². The molecule has 0 aliphatic rings. The molecule has 1 atom stereocenters. The standard InChI is InChI=1S/C17H18N4O7S/c1-11-7-8-15(21(25)26)10-16(11)19(29(3,27)28)12(2)17(22)18-13-5-4-6-14(9-13)20(23)24/h4-10,12H,1-3H3,(H,18,22)/t12-/m1/s1. The van der Waals surface area contributed by atoms with Crippen LogP contribution in [0.2, 0.25) is 0 Å². The van der Waals surface area contributed by atoms with Crippen molar-refractivity contribution in [3.05, 3.63) is 68.3 Å². The Labute approximate surface area is 166 Å². The molecular formula is C17H18N4O7S. The molecule has 0 unspecified atom stereocenters. The van der Waals surface area contributed by atoms with Gasteiger partial charge in [-0.05, 0) is 25.5 Å². The molecule has 0 saturated carbocycles. The first-order valence-electron chi connectivity index (χ1n) is 8.21. The van der Waals surface area contributed by atoms with Crippen molar-refractivity contribution >= 4 is 38.7 Å². The number of amides is 1. The van der Waals surface area contributed by atoms with Crippen molar-refractivity contribution in [2.24, 2.45) is 0 Å². The zero-order chi connectivity index (χ0) is 21.9. The maximum atomic E-state index is 12.7. The number of hydrogen-bond acceptors (Lipinski definition) is 7. The fraction of sp³-hybridized carbons (Fsp3) is 0.235. The molecule has 12 heteroatoms. The highest BCUT2D eigenvalue weighted by atomic mass is 32.2. The number of nitro groups is 2. The van der Waals surface area contributed by atoms with Crippen LogP contribution in [0, 0.1) is 27.2 Å². The number of carbonyl (C=O) groups excluding carboxylic acids is 1. The van der Waals surface area contributed by atoms with Crippen LogP contribution >= 0.6 is 0 Å². The van der Waals surface area contributed by atoms with Crippen LogP contribution in [0.5, 0.6) is 0 Å². The largest absolute Gasteiger partial charge is 0.324 e. The quantitative estimate of drug-likeness (QED) is 0.531. The van der Waals surface area contributed by atoms with Crippen LogP contribution in [-0.2, 0) is 14.8 Å². The van der Waals surface area contributed by atoms with Crippen LogP contribution in [0.1, 0.15) is 12.5 Å². The summed E-state index contributed by atoms with van der Waals surface area (Å²) in [7, 11) is -4.00. The first-order chi connectivity index (χ1) is 13.4. The van der Waals surface area contributed by atoms with Gasteiger partial charge in [0.05, 0.1) is 21.8 Å². The summed E-state index contributed by atoms with van der Waals surface area (Å²) >= 11 is 0. The van der Waals surface area contributed by atoms with Gasteiger partial charge in [0.25, 0.3) is 11.4 Å². The molecule has 2 rings (SSSR count). The third-order valence-electron chi connectivity index (χ3n) is 4.05. The molecular weight excluding hydrogens is 404 g/mol. The van der Waals surface area contributed by atoms with Crippen LogP contribution in [0.4, 0.5) is 22.7 Å². The van der Waals surface area contributed by atoms with Gasteiger partial charge >= 0.3 is 0 Å². The summed E-state index contributed by atoms with van der Waals surface area (Å²) in [6.07, 6.45) is 0.877. The molecule has 11 nitrogen and oxygen atoms in total. The second-order valence-corrected chi connectivity index (χ2v) is 8.12. The Kier molecular flexibility index (Phi) is 6.17. The molecule has 2 aromatic rings. The normalized spacial score (nSPS) is 12.1. The molecule has 154 valence electrons. The van der Waals surface area contributed by atoms with Crippen molar-refractivity contribution < 1.29 is 23.1 Å². The number of nitrogens with one attached hydrogen (secondary N) is 1. The second kappa shape index (κ2) is 8.22. The highest BCUT2D eigenvalue weighted by molar-refractivity contribution is 7.92. The first kappa shape index (κ1) is 21.8. The molecule has 0 aliphatic carbocycles. The lowest BCUT2D eigenvalue weighted by atomic mass is 10.1. The van der Waals surface area contributed by atoms with E-state index in [0.29, 0.717) is 5.56 Å². The molecule has 2 aromatic carbocycles. The van der Waals surface area contributed by atoms with Gasteiger partial charge in [0.2, 0.25) is 15.9 Å². The molecule has 0 spiro atoms. The molecule has 1 N–H and O–H groups in total. The number of non-ortho nitro benzene ring substituents is 2. The predicted octanol–water partition coefficient (Wildman–Crippen LogP) is 2.60. The fourth-order valence-corrected chi connectivity index (χ4v) is 3.90. The van der Waals surface area contributed by atoms with Crippen molar-refractivity contribution in [2.75, 3.05) is 15.9 Å². The number of carbonyl (C=O) groups is 1. The lowest BCUT2D eigenvalue weighted by molar-refractivity contribution is -0.385. The van der Waals surface area contributed by atoms with Crippen molar-refractivity contribution in [3.8, 4) is 0 Å². The van der Waals surface area contributed by atoms with Gasteiger partial charge in [-0.15, -0.1) is 0 Å². The number of nitro benzene ring substituents is 2. The monoisotopic (exact) mass is 422 g/mol. The maximum Gasteiger partial charge on any atom is 0.271 e. The van der Waals surface area contributed by atoms with E-state index in [0.717, 1.165) is 22.7 Å². The van der Waals surface area contributed by atoms with Gasteiger partial charge < -0.3 is 5.32 Å². The van der Waals surface area contributed by atoms with Crippen molar-refractivity contribution in [1.82, 2.24) is 0 Å². The van der Waals surface area contributed by atoms with Gasteiger partial charge in [0.15, 0.2) is 0 Å². The Morgan fingerprint density at radius 2 is 1.66 bits per heavy atom. The Balaban J connectivity index is 2.42. The Morgan fingerprint density at radius 1 is 1.07 bits per heavy atom. The van der Waals surface area contributed by atoms with E-state index in [-0.39, 0.29) is 22.7 Å². The zero-order valence-electron chi connectivity index (χ0n) is 15.7. The summed E-state index contributed by atoms with van der Waals surface area (Å²) < 4.78 is 25.6. The minimum atomic E-state index is -4.00. The highest BCUT2D eigenvalue weighted by Crippen LogP contribution is 2.29. The molecule has 29 heavy (non-hydrogen) atoms. The minimum absolute atomic E-state index is 0.0107. The number of aryl methyl sites for hydroxylation is 1. The van der Waals surface area contributed by atoms with Gasteiger partial charge in [-0.1, -0.05) is 12.1 Å². The summed E-state index contributed by atoms with van der Waals surface area (Å²) in [4.78, 5) is 33.3. The van der Waals surface area contributed by atoms with E-state index < -0.39 is 31.8 Å². The average Bonchev–Trinajstić information content (AvgIpc) is 2.62. The smallest absolute Gasteiger partial charge is 0.271 e. The maximum absolute atomic E-state index is 12.7. The molecule has 1 amide bonds. The first-order valence-corrected chi connectivity index (χ1v) is 10.1. The molecule has 0 bridgehead atoms. The number of benzene rings is 2. The lowest BCUT2D eigenvalue weighted by Crippen LogP contribution is -2.45. The molecule has 0 heterocycles. The Hall–Kier alpha value is -3.54. The number of anilines is 2. The molecule has 0 saturated heterocycles. The van der Waals surface area contributed by atoms with E-state index in [2.05, 4.69) is 5.32 Å². The minimum Gasteiger partial charge on any atom is -0.324 e. The van der Waals surface area contributed by atoms with E-state index in [1.807, 2.05) is 0 Å². The van der Waals surface area contributed by atoms with E-state index >= 15 is 0 Å². The molecule has 0 fully saturated rings. The summed E-state index contributed by atoms with van der Waals surface area (Å²) in [6, 6.07) is 7.57. The molecule has 0 radical (unpaired) electrons. The van der Waals surface area contributed by atoms with E-state index in [9.17, 15) is 33.4 Å². The number of nitrogens with zero attached hydrogens (tertiary/aromatic N) is 3. The summed E-state index contributed by atoms with van der Waals surface area (Å²) in [5.74, 6) is -0.762. The van der Waals surface area contributed by atoms with Gasteiger partial charge in [0, 0.05) is 30.0 Å². The molecule has 0 aromatic heterocycles. The summed E-state index contributed by atoms with van der Waals surface area (Å²) in [6.45, 7) is 2.87. The van der Waals surface area contributed by atoms with Crippen molar-refractivity contribution in [2.45, 2.75) is 19.9 Å². The summed E-state index contributed by atoms with van der Waals surface area (Å²) in [5, 5.41) is 24.4. The third-order valence-corrected chi connectivity index (χ3v) is 5.28. The Bertz CT molecular complexity index is 1080. The van der Waals surface area contributed by atoms with Gasteiger partial charge in [-0.3, -0.25) is 29.3 Å².